The van der Waals surface area contributed by atoms with Crippen LogP contribution in [0.5, 0.6) is 0 Å². The van der Waals surface area contributed by atoms with Gasteiger partial charge in [0, 0.05) is 25.2 Å². The summed E-state index contributed by atoms with van der Waals surface area (Å²) in [7, 11) is 0. The van der Waals surface area contributed by atoms with E-state index >= 15 is 0 Å². The highest BCUT2D eigenvalue weighted by Gasteiger charge is 2.41. The summed E-state index contributed by atoms with van der Waals surface area (Å²) in [4.78, 5) is 2.62. The molecule has 2 unspecified atom stereocenters. The van der Waals surface area contributed by atoms with E-state index in [1.165, 1.54) is 25.7 Å². The summed E-state index contributed by atoms with van der Waals surface area (Å²) in [5.41, 5.74) is 6.42. The van der Waals surface area contributed by atoms with Crippen molar-refractivity contribution in [2.45, 2.75) is 45.1 Å². The van der Waals surface area contributed by atoms with Gasteiger partial charge >= 0.3 is 0 Å². The van der Waals surface area contributed by atoms with Crippen LogP contribution >= 0.6 is 0 Å². The van der Waals surface area contributed by atoms with Crippen LogP contribution in [0.25, 0.3) is 0 Å². The molecule has 2 atom stereocenters. The van der Waals surface area contributed by atoms with E-state index in [2.05, 4.69) is 18.7 Å². The molecule has 3 nitrogen and oxygen atoms in total. The second-order valence-electron chi connectivity index (χ2n) is 6.13. The summed E-state index contributed by atoms with van der Waals surface area (Å²) >= 11 is 0. The van der Waals surface area contributed by atoms with Crippen molar-refractivity contribution in [1.82, 2.24) is 4.90 Å². The second kappa shape index (κ2) is 5.68. The van der Waals surface area contributed by atoms with Gasteiger partial charge < -0.3 is 10.5 Å². The number of rotatable bonds is 3. The van der Waals surface area contributed by atoms with E-state index in [9.17, 15) is 0 Å². The third kappa shape index (κ3) is 2.83. The molecule has 1 aliphatic heterocycles. The average Bonchev–Trinajstić information content (AvgIpc) is 2.39. The summed E-state index contributed by atoms with van der Waals surface area (Å²) in [5.74, 6) is 1.65. The minimum absolute atomic E-state index is 0.275. The normalized spacial score (nSPS) is 36.4. The fraction of sp³-hybridized carbons (Fsp3) is 1.00. The third-order valence-corrected chi connectivity index (χ3v) is 4.86. The maximum Gasteiger partial charge on any atom is 0.0594 e. The number of nitrogens with zero attached hydrogens (tertiary/aromatic N) is 1. The van der Waals surface area contributed by atoms with Crippen molar-refractivity contribution in [2.24, 2.45) is 17.6 Å². The number of ether oxygens (including phenoxy) is 1. The Morgan fingerprint density at radius 2 is 2.06 bits per heavy atom. The maximum atomic E-state index is 6.15. The van der Waals surface area contributed by atoms with Crippen molar-refractivity contribution >= 4 is 0 Å². The van der Waals surface area contributed by atoms with Gasteiger partial charge in [0.15, 0.2) is 0 Å². The SMILES string of the molecule is CC(C)C1CCCC(CN)(N2CCOCC2)C1. The van der Waals surface area contributed by atoms with Crippen LogP contribution in [0.1, 0.15) is 39.5 Å². The summed E-state index contributed by atoms with van der Waals surface area (Å²) < 4.78 is 5.47. The standard InChI is InChI=1S/C14H28N2O/c1-12(2)13-4-3-5-14(10-13,11-15)16-6-8-17-9-7-16/h12-13H,3-11,15H2,1-2H3. The van der Waals surface area contributed by atoms with E-state index in [4.69, 9.17) is 10.5 Å². The predicted molar refractivity (Wildman–Crippen MR) is 71.0 cm³/mol. The lowest BCUT2D eigenvalue weighted by molar-refractivity contribution is -0.0458. The highest BCUT2D eigenvalue weighted by Crippen LogP contribution is 2.39. The molecule has 1 saturated heterocycles. The minimum atomic E-state index is 0.275. The minimum Gasteiger partial charge on any atom is -0.379 e. The second-order valence-corrected chi connectivity index (χ2v) is 6.13. The summed E-state index contributed by atoms with van der Waals surface area (Å²) in [5, 5.41) is 0. The van der Waals surface area contributed by atoms with Crippen LogP contribution in [-0.2, 0) is 4.74 Å². The van der Waals surface area contributed by atoms with Gasteiger partial charge in [-0.2, -0.15) is 0 Å². The van der Waals surface area contributed by atoms with Crippen molar-refractivity contribution in [3.8, 4) is 0 Å². The fourth-order valence-electron chi connectivity index (χ4n) is 3.59. The zero-order valence-corrected chi connectivity index (χ0v) is 11.5. The Hall–Kier alpha value is -0.120. The molecule has 2 rings (SSSR count). The van der Waals surface area contributed by atoms with E-state index in [1.54, 1.807) is 0 Å². The van der Waals surface area contributed by atoms with Crippen molar-refractivity contribution in [3.05, 3.63) is 0 Å². The average molecular weight is 240 g/mol. The van der Waals surface area contributed by atoms with Crippen LogP contribution in [0, 0.1) is 11.8 Å². The van der Waals surface area contributed by atoms with Crippen LogP contribution in [0.2, 0.25) is 0 Å². The Bertz CT molecular complexity index is 238. The lowest BCUT2D eigenvalue weighted by Gasteiger charge is -2.50. The van der Waals surface area contributed by atoms with Crippen LogP contribution in [-0.4, -0.2) is 43.3 Å². The quantitative estimate of drug-likeness (QED) is 0.818. The predicted octanol–water partition coefficient (Wildman–Crippen LogP) is 1.86. The van der Waals surface area contributed by atoms with Gasteiger partial charge in [-0.15, -0.1) is 0 Å². The Balaban J connectivity index is 2.06. The Morgan fingerprint density at radius 3 is 2.65 bits per heavy atom. The molecule has 0 radical (unpaired) electrons. The molecule has 0 amide bonds. The zero-order valence-electron chi connectivity index (χ0n) is 11.5. The molecule has 1 saturated carbocycles. The van der Waals surface area contributed by atoms with E-state index in [0.29, 0.717) is 0 Å². The number of nitrogens with two attached hydrogens (primary N) is 1. The van der Waals surface area contributed by atoms with Gasteiger partial charge in [-0.3, -0.25) is 4.90 Å². The summed E-state index contributed by atoms with van der Waals surface area (Å²) in [6, 6.07) is 0. The fourth-order valence-corrected chi connectivity index (χ4v) is 3.59. The highest BCUT2D eigenvalue weighted by molar-refractivity contribution is 4.97. The van der Waals surface area contributed by atoms with Gasteiger partial charge in [-0.1, -0.05) is 26.7 Å². The Kier molecular flexibility index (Phi) is 4.45. The third-order valence-electron chi connectivity index (χ3n) is 4.86. The summed E-state index contributed by atoms with van der Waals surface area (Å²) in [6.07, 6.45) is 5.31. The molecule has 1 aliphatic carbocycles. The van der Waals surface area contributed by atoms with Crippen molar-refractivity contribution in [3.63, 3.8) is 0 Å². The van der Waals surface area contributed by atoms with Gasteiger partial charge in [-0.25, -0.2) is 0 Å². The number of hydrogen-bond acceptors (Lipinski definition) is 3. The maximum absolute atomic E-state index is 6.15. The molecule has 2 fully saturated rings. The van der Waals surface area contributed by atoms with E-state index in [1.807, 2.05) is 0 Å². The highest BCUT2D eigenvalue weighted by atomic mass is 16.5. The molecule has 0 spiro atoms. The van der Waals surface area contributed by atoms with Crippen molar-refractivity contribution in [1.29, 1.82) is 0 Å². The largest absolute Gasteiger partial charge is 0.379 e. The van der Waals surface area contributed by atoms with Crippen LogP contribution < -0.4 is 5.73 Å². The monoisotopic (exact) mass is 240 g/mol. The smallest absolute Gasteiger partial charge is 0.0594 e. The Morgan fingerprint density at radius 1 is 1.35 bits per heavy atom. The lowest BCUT2D eigenvalue weighted by atomic mass is 9.70. The topological polar surface area (TPSA) is 38.5 Å². The molecule has 2 aliphatic rings. The molecule has 0 aromatic heterocycles. The number of morpholine rings is 1. The summed E-state index contributed by atoms with van der Waals surface area (Å²) in [6.45, 7) is 9.44. The first kappa shape index (κ1) is 13.3. The van der Waals surface area contributed by atoms with E-state index in [-0.39, 0.29) is 5.54 Å². The molecule has 0 bridgehead atoms. The first-order valence-electron chi connectivity index (χ1n) is 7.21. The molecule has 3 heteroatoms. The van der Waals surface area contributed by atoms with E-state index < -0.39 is 0 Å². The lowest BCUT2D eigenvalue weighted by Crippen LogP contribution is -2.59. The molecule has 0 aromatic carbocycles. The first-order chi connectivity index (χ1) is 8.18. The first-order valence-corrected chi connectivity index (χ1v) is 7.21. The van der Waals surface area contributed by atoms with Crippen molar-refractivity contribution < 1.29 is 4.74 Å². The number of hydrogen-bond donors (Lipinski definition) is 1. The molecular formula is C14H28N2O. The zero-order chi connectivity index (χ0) is 12.3. The molecule has 1 heterocycles. The van der Waals surface area contributed by atoms with Gasteiger partial charge in [0.25, 0.3) is 0 Å². The van der Waals surface area contributed by atoms with Crippen LogP contribution in [0.3, 0.4) is 0 Å². The van der Waals surface area contributed by atoms with Gasteiger partial charge in [0.05, 0.1) is 13.2 Å². The van der Waals surface area contributed by atoms with Crippen molar-refractivity contribution in [2.75, 3.05) is 32.8 Å². The van der Waals surface area contributed by atoms with Gasteiger partial charge in [0.1, 0.15) is 0 Å². The molecule has 100 valence electrons. The van der Waals surface area contributed by atoms with E-state index in [0.717, 1.165) is 44.7 Å². The molecular weight excluding hydrogens is 212 g/mol. The van der Waals surface area contributed by atoms with Gasteiger partial charge in [0.2, 0.25) is 0 Å². The molecule has 0 aromatic rings. The van der Waals surface area contributed by atoms with Gasteiger partial charge in [-0.05, 0) is 24.7 Å². The molecule has 17 heavy (non-hydrogen) atoms. The van der Waals surface area contributed by atoms with Crippen LogP contribution in [0.15, 0.2) is 0 Å². The molecule has 2 N–H and O–H groups in total. The Labute approximate surface area is 106 Å². The van der Waals surface area contributed by atoms with Crippen LogP contribution in [0.4, 0.5) is 0 Å².